The van der Waals surface area contributed by atoms with Crippen LogP contribution in [0.1, 0.15) is 26.8 Å². The maximum absolute atomic E-state index is 4.30. The lowest BCUT2D eigenvalue weighted by Crippen LogP contribution is -2.21. The van der Waals surface area contributed by atoms with Gasteiger partial charge in [0.05, 0.1) is 0 Å². The summed E-state index contributed by atoms with van der Waals surface area (Å²) in [6.45, 7) is 6.49. The van der Waals surface area contributed by atoms with Gasteiger partial charge in [0, 0.05) is 30.2 Å². The molecule has 0 bridgehead atoms. The molecule has 4 heteroatoms. The molecule has 0 aliphatic carbocycles. The summed E-state index contributed by atoms with van der Waals surface area (Å²) < 4.78 is 2.15. The third-order valence-corrected chi connectivity index (χ3v) is 2.85. The summed E-state index contributed by atoms with van der Waals surface area (Å²) in [5, 5.41) is 3.40. The average molecular weight is 213 g/mol. The van der Waals surface area contributed by atoms with E-state index in [4.69, 9.17) is 0 Å². The zero-order valence-electron chi connectivity index (χ0n) is 9.32. The highest BCUT2D eigenvalue weighted by Gasteiger charge is 2.08. The van der Waals surface area contributed by atoms with Crippen molar-refractivity contribution in [3.05, 3.63) is 12.4 Å². The van der Waals surface area contributed by atoms with E-state index in [-0.39, 0.29) is 0 Å². The number of rotatable bonds is 5. The summed E-state index contributed by atoms with van der Waals surface area (Å²) in [6.07, 6.45) is 5.97. The molecule has 14 heavy (non-hydrogen) atoms. The van der Waals surface area contributed by atoms with Gasteiger partial charge in [-0.05, 0) is 27.0 Å². The SMILES string of the molecule is CSCC(C)Nc1nccn1C(C)C. The van der Waals surface area contributed by atoms with E-state index in [1.807, 2.05) is 24.2 Å². The van der Waals surface area contributed by atoms with Crippen LogP contribution in [0.25, 0.3) is 0 Å². The molecule has 1 heterocycles. The minimum Gasteiger partial charge on any atom is -0.352 e. The largest absolute Gasteiger partial charge is 0.352 e. The molecule has 0 saturated carbocycles. The lowest BCUT2D eigenvalue weighted by atomic mass is 10.4. The highest BCUT2D eigenvalue weighted by molar-refractivity contribution is 7.98. The third kappa shape index (κ3) is 2.94. The number of anilines is 1. The van der Waals surface area contributed by atoms with Crippen molar-refractivity contribution in [3.8, 4) is 0 Å². The molecule has 80 valence electrons. The van der Waals surface area contributed by atoms with Crippen LogP contribution in [0, 0.1) is 0 Å². The van der Waals surface area contributed by atoms with Gasteiger partial charge in [-0.15, -0.1) is 0 Å². The van der Waals surface area contributed by atoms with Crippen molar-refractivity contribution in [1.82, 2.24) is 9.55 Å². The quantitative estimate of drug-likeness (QED) is 0.815. The molecule has 0 fully saturated rings. The molecule has 0 aliphatic heterocycles. The third-order valence-electron chi connectivity index (χ3n) is 2.02. The Kier molecular flexibility index (Phi) is 4.32. The van der Waals surface area contributed by atoms with Crippen LogP contribution in [-0.2, 0) is 0 Å². The molecule has 0 radical (unpaired) electrons. The second-order valence-corrected chi connectivity index (χ2v) is 4.66. The van der Waals surface area contributed by atoms with E-state index in [0.717, 1.165) is 11.7 Å². The Morgan fingerprint density at radius 1 is 1.50 bits per heavy atom. The van der Waals surface area contributed by atoms with E-state index in [9.17, 15) is 0 Å². The molecule has 0 aromatic carbocycles. The molecule has 0 spiro atoms. The van der Waals surface area contributed by atoms with E-state index >= 15 is 0 Å². The minimum absolute atomic E-state index is 0.460. The van der Waals surface area contributed by atoms with E-state index in [2.05, 4.69) is 41.9 Å². The zero-order valence-corrected chi connectivity index (χ0v) is 10.1. The summed E-state index contributed by atoms with van der Waals surface area (Å²) in [5.41, 5.74) is 0. The van der Waals surface area contributed by atoms with Gasteiger partial charge in [-0.3, -0.25) is 0 Å². The van der Waals surface area contributed by atoms with Gasteiger partial charge in [0.1, 0.15) is 0 Å². The normalized spacial score (nSPS) is 13.2. The van der Waals surface area contributed by atoms with Gasteiger partial charge in [-0.25, -0.2) is 4.98 Å². The highest BCUT2D eigenvalue weighted by atomic mass is 32.2. The summed E-state index contributed by atoms with van der Waals surface area (Å²) in [6, 6.07) is 0.923. The second-order valence-electron chi connectivity index (χ2n) is 3.75. The summed E-state index contributed by atoms with van der Waals surface area (Å²) in [4.78, 5) is 4.30. The fourth-order valence-corrected chi connectivity index (χ4v) is 1.94. The van der Waals surface area contributed by atoms with Crippen LogP contribution >= 0.6 is 11.8 Å². The topological polar surface area (TPSA) is 29.9 Å². The van der Waals surface area contributed by atoms with Crippen molar-refractivity contribution in [2.45, 2.75) is 32.9 Å². The first-order valence-electron chi connectivity index (χ1n) is 4.93. The van der Waals surface area contributed by atoms with Crippen molar-refractivity contribution in [2.75, 3.05) is 17.3 Å². The maximum Gasteiger partial charge on any atom is 0.203 e. The van der Waals surface area contributed by atoms with E-state index < -0.39 is 0 Å². The molecule has 1 N–H and O–H groups in total. The van der Waals surface area contributed by atoms with Crippen LogP contribution in [0.4, 0.5) is 5.95 Å². The van der Waals surface area contributed by atoms with Gasteiger partial charge in [0.25, 0.3) is 0 Å². The van der Waals surface area contributed by atoms with E-state index in [0.29, 0.717) is 12.1 Å². The summed E-state index contributed by atoms with van der Waals surface area (Å²) in [5.74, 6) is 2.08. The number of nitrogens with zero attached hydrogens (tertiary/aromatic N) is 2. The molecule has 1 rings (SSSR count). The van der Waals surface area contributed by atoms with Gasteiger partial charge in [0.15, 0.2) is 0 Å². The Morgan fingerprint density at radius 2 is 2.21 bits per heavy atom. The van der Waals surface area contributed by atoms with Gasteiger partial charge >= 0.3 is 0 Å². The Balaban J connectivity index is 2.61. The standard InChI is InChI=1S/C10H19N3S/c1-8(2)13-6-5-11-10(13)12-9(3)7-14-4/h5-6,8-9H,7H2,1-4H3,(H,11,12). The monoisotopic (exact) mass is 213 g/mol. The molecule has 0 aliphatic rings. The lowest BCUT2D eigenvalue weighted by molar-refractivity contribution is 0.601. The Hall–Kier alpha value is -0.640. The molecule has 1 aromatic rings. The smallest absolute Gasteiger partial charge is 0.203 e. The van der Waals surface area contributed by atoms with Crippen molar-refractivity contribution < 1.29 is 0 Å². The fraction of sp³-hybridized carbons (Fsp3) is 0.700. The van der Waals surface area contributed by atoms with Crippen molar-refractivity contribution in [2.24, 2.45) is 0 Å². The van der Waals surface area contributed by atoms with Crippen LogP contribution in [0.2, 0.25) is 0 Å². The van der Waals surface area contributed by atoms with E-state index in [1.54, 1.807) is 0 Å². The van der Waals surface area contributed by atoms with Crippen molar-refractivity contribution in [1.29, 1.82) is 0 Å². The first-order chi connectivity index (χ1) is 6.65. The van der Waals surface area contributed by atoms with Gasteiger partial charge < -0.3 is 9.88 Å². The molecule has 0 saturated heterocycles. The zero-order chi connectivity index (χ0) is 10.6. The first kappa shape index (κ1) is 11.4. The van der Waals surface area contributed by atoms with Crippen molar-refractivity contribution >= 4 is 17.7 Å². The van der Waals surface area contributed by atoms with Crippen molar-refractivity contribution in [3.63, 3.8) is 0 Å². The Bertz CT molecular complexity index is 270. The van der Waals surface area contributed by atoms with Crippen LogP contribution in [0.15, 0.2) is 12.4 Å². The lowest BCUT2D eigenvalue weighted by Gasteiger charge is -2.16. The number of hydrogen-bond acceptors (Lipinski definition) is 3. The van der Waals surface area contributed by atoms with Crippen LogP contribution < -0.4 is 5.32 Å². The molecule has 1 aromatic heterocycles. The minimum atomic E-state index is 0.460. The summed E-state index contributed by atoms with van der Waals surface area (Å²) in [7, 11) is 0. The van der Waals surface area contributed by atoms with Gasteiger partial charge in [-0.1, -0.05) is 0 Å². The number of imidazole rings is 1. The first-order valence-corrected chi connectivity index (χ1v) is 6.32. The molecular weight excluding hydrogens is 194 g/mol. The van der Waals surface area contributed by atoms with Crippen LogP contribution in [0.3, 0.4) is 0 Å². The average Bonchev–Trinajstić information content (AvgIpc) is 2.52. The molecule has 1 atom stereocenters. The molecule has 3 nitrogen and oxygen atoms in total. The number of nitrogens with one attached hydrogen (secondary N) is 1. The van der Waals surface area contributed by atoms with Crippen LogP contribution in [0.5, 0.6) is 0 Å². The number of aromatic nitrogens is 2. The van der Waals surface area contributed by atoms with Crippen LogP contribution in [-0.4, -0.2) is 27.6 Å². The second kappa shape index (κ2) is 5.29. The fourth-order valence-electron chi connectivity index (χ4n) is 1.35. The number of thioether (sulfide) groups is 1. The Labute approximate surface area is 90.3 Å². The molecule has 1 unspecified atom stereocenters. The predicted octanol–water partition coefficient (Wildman–Crippen LogP) is 2.63. The molecular formula is C10H19N3S. The van der Waals surface area contributed by atoms with Gasteiger partial charge in [0.2, 0.25) is 5.95 Å². The molecule has 0 amide bonds. The Morgan fingerprint density at radius 3 is 2.79 bits per heavy atom. The predicted molar refractivity (Wildman–Crippen MR) is 64.1 cm³/mol. The maximum atomic E-state index is 4.30. The highest BCUT2D eigenvalue weighted by Crippen LogP contribution is 2.14. The number of hydrogen-bond donors (Lipinski definition) is 1. The van der Waals surface area contributed by atoms with E-state index in [1.165, 1.54) is 0 Å². The summed E-state index contributed by atoms with van der Waals surface area (Å²) >= 11 is 1.85. The van der Waals surface area contributed by atoms with Gasteiger partial charge in [-0.2, -0.15) is 11.8 Å².